The van der Waals surface area contributed by atoms with Gasteiger partial charge in [-0.2, -0.15) is 0 Å². The van der Waals surface area contributed by atoms with Gasteiger partial charge in [0.2, 0.25) is 0 Å². The second-order valence-electron chi connectivity index (χ2n) is 14.0. The molecule has 2 aliphatic rings. The summed E-state index contributed by atoms with van der Waals surface area (Å²) < 4.78 is 11.3. The van der Waals surface area contributed by atoms with E-state index >= 15 is 0 Å². The number of anilines is 2. The lowest BCUT2D eigenvalue weighted by Gasteiger charge is -2.25. The Hall–Kier alpha value is -4.66. The van der Waals surface area contributed by atoms with Crippen LogP contribution >= 0.6 is 0 Å². The third-order valence-corrected chi connectivity index (χ3v) is 8.46. The van der Waals surface area contributed by atoms with Crippen molar-refractivity contribution in [1.29, 1.82) is 0 Å². The van der Waals surface area contributed by atoms with E-state index in [9.17, 15) is 9.59 Å². The van der Waals surface area contributed by atoms with Gasteiger partial charge in [-0.1, -0.05) is 19.1 Å². The minimum Gasteiger partial charge on any atom is -0.494 e. The molecular formula is C41H50N4O4. The highest BCUT2D eigenvalue weighted by Crippen LogP contribution is 2.25. The molecule has 0 saturated heterocycles. The van der Waals surface area contributed by atoms with Gasteiger partial charge in [0.25, 0.3) is 11.8 Å². The van der Waals surface area contributed by atoms with Crippen LogP contribution < -0.4 is 20.1 Å². The third kappa shape index (κ3) is 10.4. The summed E-state index contributed by atoms with van der Waals surface area (Å²) in [7, 11) is 4.24. The van der Waals surface area contributed by atoms with Crippen LogP contribution in [-0.4, -0.2) is 61.0 Å². The quantitative estimate of drug-likeness (QED) is 0.200. The van der Waals surface area contributed by atoms with E-state index in [1.807, 2.05) is 57.2 Å². The summed E-state index contributed by atoms with van der Waals surface area (Å²) in [4.78, 5) is 29.5. The summed E-state index contributed by atoms with van der Waals surface area (Å²) in [6, 6.07) is 26.9. The molecular weight excluding hydrogens is 612 g/mol. The Morgan fingerprint density at radius 2 is 1.10 bits per heavy atom. The van der Waals surface area contributed by atoms with Gasteiger partial charge < -0.3 is 29.9 Å². The standard InChI is InChI=1S/C21H26N2O2.C20H24N2O2/c1-21(2,3)25-19-9-6-16(7-10-19)20(24)22-18-8-5-15-11-12-23(4)14-17(15)13-18;1-3-12-24-19-8-5-16(6-9-19)20(23)21-18-7-4-15-10-11-22(2)14-17(15)13-18/h5-10,13H,11-12,14H2,1-4H3,(H,22,24);4-9,13H,3,10-12,14H2,1-2H3,(H,21,23). The van der Waals surface area contributed by atoms with Crippen molar-refractivity contribution < 1.29 is 19.1 Å². The molecule has 0 aliphatic carbocycles. The van der Waals surface area contributed by atoms with Crippen molar-refractivity contribution in [1.82, 2.24) is 9.80 Å². The number of hydrogen-bond acceptors (Lipinski definition) is 6. The van der Waals surface area contributed by atoms with Crippen LogP contribution in [0.3, 0.4) is 0 Å². The first-order chi connectivity index (χ1) is 23.5. The first-order valence-electron chi connectivity index (χ1n) is 17.2. The molecule has 0 saturated carbocycles. The molecule has 2 aliphatic heterocycles. The molecule has 2 amide bonds. The number of rotatable bonds is 8. The number of ether oxygens (including phenoxy) is 2. The molecule has 8 heteroatoms. The van der Waals surface area contributed by atoms with Crippen molar-refractivity contribution in [2.75, 3.05) is 44.4 Å². The van der Waals surface area contributed by atoms with Gasteiger partial charge >= 0.3 is 0 Å². The number of benzene rings is 4. The molecule has 2 N–H and O–H groups in total. The zero-order chi connectivity index (χ0) is 35.0. The van der Waals surface area contributed by atoms with Gasteiger partial charge in [0.05, 0.1) is 6.61 Å². The normalized spacial score (nSPS) is 14.4. The molecule has 8 nitrogen and oxygen atoms in total. The fraction of sp³-hybridized carbons (Fsp3) is 0.366. The van der Waals surface area contributed by atoms with Crippen LogP contribution in [0.4, 0.5) is 11.4 Å². The zero-order valence-electron chi connectivity index (χ0n) is 29.8. The Kier molecular flexibility index (Phi) is 11.8. The van der Waals surface area contributed by atoms with Gasteiger partial charge in [-0.05, 0) is 149 Å². The highest BCUT2D eigenvalue weighted by atomic mass is 16.5. The van der Waals surface area contributed by atoms with Crippen LogP contribution in [0.5, 0.6) is 11.5 Å². The minimum absolute atomic E-state index is 0.0962. The molecule has 49 heavy (non-hydrogen) atoms. The lowest BCUT2D eigenvalue weighted by atomic mass is 9.99. The predicted octanol–water partition coefficient (Wildman–Crippen LogP) is 7.82. The Morgan fingerprint density at radius 1 is 0.653 bits per heavy atom. The van der Waals surface area contributed by atoms with Gasteiger partial charge in [0.1, 0.15) is 17.1 Å². The number of nitrogens with one attached hydrogen (secondary N) is 2. The van der Waals surface area contributed by atoms with Gasteiger partial charge in [-0.3, -0.25) is 9.59 Å². The first kappa shape index (κ1) is 35.6. The Balaban J connectivity index is 0.000000191. The zero-order valence-corrected chi connectivity index (χ0v) is 29.8. The maximum absolute atomic E-state index is 12.5. The molecule has 0 spiro atoms. The number of nitrogens with zero attached hydrogens (tertiary/aromatic N) is 2. The molecule has 0 fully saturated rings. The monoisotopic (exact) mass is 662 g/mol. The van der Waals surface area contributed by atoms with E-state index in [-0.39, 0.29) is 17.4 Å². The second-order valence-corrected chi connectivity index (χ2v) is 14.0. The summed E-state index contributed by atoms with van der Waals surface area (Å²) in [5.41, 5.74) is 8.04. The number of likely N-dealkylation sites (N-methyl/N-ethyl adjacent to an activating group) is 2. The fourth-order valence-electron chi connectivity index (χ4n) is 5.91. The summed E-state index contributed by atoms with van der Waals surface area (Å²) >= 11 is 0. The van der Waals surface area contributed by atoms with Crippen molar-refractivity contribution in [2.45, 2.75) is 65.6 Å². The van der Waals surface area contributed by atoms with E-state index in [1.165, 1.54) is 22.3 Å². The van der Waals surface area contributed by atoms with E-state index in [0.29, 0.717) is 17.7 Å². The lowest BCUT2D eigenvalue weighted by molar-refractivity contribution is 0.101. The molecule has 0 aromatic heterocycles. The Morgan fingerprint density at radius 3 is 1.53 bits per heavy atom. The van der Waals surface area contributed by atoms with Gasteiger partial charge in [0.15, 0.2) is 0 Å². The van der Waals surface area contributed by atoms with Crippen LogP contribution in [0.25, 0.3) is 0 Å². The molecule has 0 atom stereocenters. The van der Waals surface area contributed by atoms with Crippen molar-refractivity contribution in [3.8, 4) is 11.5 Å². The third-order valence-electron chi connectivity index (χ3n) is 8.46. The van der Waals surface area contributed by atoms with Gasteiger partial charge in [-0.25, -0.2) is 0 Å². The average molecular weight is 663 g/mol. The summed E-state index contributed by atoms with van der Waals surface area (Å²) in [6.45, 7) is 12.8. The maximum atomic E-state index is 12.5. The SMILES string of the molecule is CCCOc1ccc(C(=O)Nc2ccc3c(c2)CN(C)CC3)cc1.CN1CCc2ccc(NC(=O)c3ccc(OC(C)(C)C)cc3)cc2C1. The van der Waals surface area contributed by atoms with Crippen LogP contribution in [0.1, 0.15) is 77.1 Å². The van der Waals surface area contributed by atoms with E-state index in [2.05, 4.69) is 65.7 Å². The summed E-state index contributed by atoms with van der Waals surface area (Å²) in [5, 5.41) is 5.98. The van der Waals surface area contributed by atoms with E-state index < -0.39 is 0 Å². The molecule has 4 aromatic carbocycles. The number of carbonyl (C=O) groups is 2. The van der Waals surface area contributed by atoms with Crippen molar-refractivity contribution in [3.63, 3.8) is 0 Å². The van der Waals surface area contributed by atoms with Crippen molar-refractivity contribution >= 4 is 23.2 Å². The Bertz CT molecular complexity index is 1730. The molecule has 0 unspecified atom stereocenters. The maximum Gasteiger partial charge on any atom is 0.255 e. The Labute approximate surface area is 291 Å². The predicted molar refractivity (Wildman–Crippen MR) is 198 cm³/mol. The lowest BCUT2D eigenvalue weighted by Crippen LogP contribution is -2.26. The topological polar surface area (TPSA) is 83.1 Å². The first-order valence-corrected chi connectivity index (χ1v) is 17.2. The van der Waals surface area contributed by atoms with Crippen LogP contribution in [-0.2, 0) is 25.9 Å². The number of amides is 2. The highest BCUT2D eigenvalue weighted by Gasteiger charge is 2.17. The minimum atomic E-state index is -0.250. The molecule has 4 aromatic rings. The summed E-state index contributed by atoms with van der Waals surface area (Å²) in [5.74, 6) is 1.36. The van der Waals surface area contributed by atoms with Crippen LogP contribution in [0.15, 0.2) is 84.9 Å². The average Bonchev–Trinajstić information content (AvgIpc) is 3.07. The van der Waals surface area contributed by atoms with Crippen molar-refractivity contribution in [3.05, 3.63) is 118 Å². The molecule has 258 valence electrons. The number of carbonyl (C=O) groups excluding carboxylic acids is 2. The highest BCUT2D eigenvalue weighted by molar-refractivity contribution is 6.05. The summed E-state index contributed by atoms with van der Waals surface area (Å²) in [6.07, 6.45) is 3.10. The van der Waals surface area contributed by atoms with Crippen LogP contribution in [0.2, 0.25) is 0 Å². The molecule has 0 radical (unpaired) electrons. The number of hydrogen-bond donors (Lipinski definition) is 2. The number of fused-ring (bicyclic) bond motifs is 2. The largest absolute Gasteiger partial charge is 0.494 e. The molecule has 2 heterocycles. The van der Waals surface area contributed by atoms with E-state index in [1.54, 1.807) is 24.3 Å². The van der Waals surface area contributed by atoms with Crippen LogP contribution in [0, 0.1) is 0 Å². The smallest absolute Gasteiger partial charge is 0.255 e. The van der Waals surface area contributed by atoms with E-state index in [4.69, 9.17) is 9.47 Å². The van der Waals surface area contributed by atoms with Gasteiger partial charge in [0, 0.05) is 48.7 Å². The van der Waals surface area contributed by atoms with E-state index in [0.717, 1.165) is 68.3 Å². The molecule has 6 rings (SSSR count). The fourth-order valence-corrected chi connectivity index (χ4v) is 5.91. The van der Waals surface area contributed by atoms with Gasteiger partial charge in [-0.15, -0.1) is 0 Å². The second kappa shape index (κ2) is 16.2. The van der Waals surface area contributed by atoms with Crippen molar-refractivity contribution in [2.24, 2.45) is 0 Å². The molecule has 0 bridgehead atoms.